The van der Waals surface area contributed by atoms with Gasteiger partial charge in [0, 0.05) is 12.2 Å². The molecular formula is C22H23N3O5S. The standard InChI is InChI=1S/C22H23N3O5S/c1-2-13-31(29,30)24-12-6-11-19(24)20(26)23-15-7-5-8-16(14-15)25-21(27)17-9-3-4-10-18(17)22(25)28/h3-5,7-10,14,19H,2,6,11-13H2,1H3,(H,23,26). The van der Waals surface area contributed by atoms with Crippen LogP contribution in [0.5, 0.6) is 0 Å². The number of sulfonamides is 1. The van der Waals surface area contributed by atoms with E-state index in [-0.39, 0.29) is 5.75 Å². The third-order valence-electron chi connectivity index (χ3n) is 5.49. The molecule has 0 radical (unpaired) electrons. The first-order valence-corrected chi connectivity index (χ1v) is 11.8. The van der Waals surface area contributed by atoms with E-state index in [2.05, 4.69) is 5.32 Å². The van der Waals surface area contributed by atoms with E-state index in [1.807, 2.05) is 0 Å². The minimum absolute atomic E-state index is 0.00596. The molecule has 2 aliphatic rings. The van der Waals surface area contributed by atoms with Crippen LogP contribution >= 0.6 is 0 Å². The molecule has 1 fully saturated rings. The highest BCUT2D eigenvalue weighted by Crippen LogP contribution is 2.30. The molecule has 2 aliphatic heterocycles. The maximum atomic E-state index is 12.9. The Bertz CT molecular complexity index is 1130. The van der Waals surface area contributed by atoms with Gasteiger partial charge in [-0.25, -0.2) is 13.3 Å². The van der Waals surface area contributed by atoms with Crippen molar-refractivity contribution in [1.29, 1.82) is 0 Å². The average Bonchev–Trinajstić information content (AvgIpc) is 3.33. The van der Waals surface area contributed by atoms with Gasteiger partial charge in [0.05, 0.1) is 22.6 Å². The van der Waals surface area contributed by atoms with E-state index in [4.69, 9.17) is 0 Å². The lowest BCUT2D eigenvalue weighted by atomic mass is 10.1. The van der Waals surface area contributed by atoms with Gasteiger partial charge < -0.3 is 5.32 Å². The molecule has 1 N–H and O–H groups in total. The van der Waals surface area contributed by atoms with Crippen molar-refractivity contribution >= 4 is 39.1 Å². The SMILES string of the molecule is CCCS(=O)(=O)N1CCCC1C(=O)Nc1cccc(N2C(=O)c3ccccc3C2=O)c1. The maximum absolute atomic E-state index is 12.9. The number of nitrogens with zero attached hydrogens (tertiary/aromatic N) is 2. The summed E-state index contributed by atoms with van der Waals surface area (Å²) in [5.74, 6) is -1.25. The predicted molar refractivity (Wildman–Crippen MR) is 116 cm³/mol. The molecule has 1 saturated heterocycles. The smallest absolute Gasteiger partial charge is 0.266 e. The van der Waals surface area contributed by atoms with Crippen molar-refractivity contribution in [2.24, 2.45) is 0 Å². The van der Waals surface area contributed by atoms with E-state index >= 15 is 0 Å². The van der Waals surface area contributed by atoms with E-state index in [0.717, 1.165) is 4.90 Å². The van der Waals surface area contributed by atoms with Crippen LogP contribution in [0.2, 0.25) is 0 Å². The van der Waals surface area contributed by atoms with Crippen LogP contribution in [0, 0.1) is 0 Å². The Labute approximate surface area is 180 Å². The summed E-state index contributed by atoms with van der Waals surface area (Å²) in [6.45, 7) is 2.11. The molecule has 31 heavy (non-hydrogen) atoms. The van der Waals surface area contributed by atoms with Crippen LogP contribution in [0.25, 0.3) is 0 Å². The fraction of sp³-hybridized carbons (Fsp3) is 0.318. The van der Waals surface area contributed by atoms with Crippen LogP contribution in [-0.2, 0) is 14.8 Å². The van der Waals surface area contributed by atoms with E-state index < -0.39 is 33.8 Å². The molecule has 1 atom stereocenters. The molecule has 2 aromatic rings. The Morgan fingerprint density at radius 1 is 1.06 bits per heavy atom. The largest absolute Gasteiger partial charge is 0.325 e. The number of imide groups is 1. The first-order chi connectivity index (χ1) is 14.8. The van der Waals surface area contributed by atoms with Crippen LogP contribution in [0.1, 0.15) is 46.9 Å². The Morgan fingerprint density at radius 3 is 2.39 bits per heavy atom. The molecule has 0 bridgehead atoms. The molecular weight excluding hydrogens is 418 g/mol. The molecule has 2 heterocycles. The summed E-state index contributed by atoms with van der Waals surface area (Å²) >= 11 is 0. The molecule has 9 heteroatoms. The molecule has 0 saturated carbocycles. The highest BCUT2D eigenvalue weighted by molar-refractivity contribution is 7.89. The molecule has 3 amide bonds. The van der Waals surface area contributed by atoms with Gasteiger partial charge in [-0.15, -0.1) is 0 Å². The van der Waals surface area contributed by atoms with Gasteiger partial charge in [0.15, 0.2) is 0 Å². The number of carbonyl (C=O) groups excluding carboxylic acids is 3. The van der Waals surface area contributed by atoms with Crippen molar-refractivity contribution in [2.45, 2.75) is 32.2 Å². The summed E-state index contributed by atoms with van der Waals surface area (Å²) in [5, 5.41) is 2.75. The van der Waals surface area contributed by atoms with E-state index in [0.29, 0.717) is 48.3 Å². The summed E-state index contributed by atoms with van der Waals surface area (Å²) in [5.41, 5.74) is 1.40. The van der Waals surface area contributed by atoms with Crippen molar-refractivity contribution in [3.05, 3.63) is 59.7 Å². The van der Waals surface area contributed by atoms with Crippen molar-refractivity contribution in [2.75, 3.05) is 22.5 Å². The van der Waals surface area contributed by atoms with Crippen LogP contribution < -0.4 is 10.2 Å². The Kier molecular flexibility index (Phi) is 5.63. The topological polar surface area (TPSA) is 104 Å². The van der Waals surface area contributed by atoms with Gasteiger partial charge in [-0.3, -0.25) is 14.4 Å². The quantitative estimate of drug-likeness (QED) is 0.694. The van der Waals surface area contributed by atoms with Gasteiger partial charge in [0.2, 0.25) is 15.9 Å². The Balaban J connectivity index is 1.54. The van der Waals surface area contributed by atoms with Crippen molar-refractivity contribution in [3.8, 4) is 0 Å². The Hall–Kier alpha value is -3.04. The van der Waals surface area contributed by atoms with Gasteiger partial charge in [-0.1, -0.05) is 25.1 Å². The number of nitrogens with one attached hydrogen (secondary N) is 1. The second-order valence-corrected chi connectivity index (χ2v) is 9.66. The van der Waals surface area contributed by atoms with Crippen LogP contribution in [0.15, 0.2) is 48.5 Å². The molecule has 2 aromatic carbocycles. The first-order valence-electron chi connectivity index (χ1n) is 10.2. The summed E-state index contributed by atoms with van der Waals surface area (Å²) in [4.78, 5) is 39.3. The number of benzene rings is 2. The van der Waals surface area contributed by atoms with Crippen molar-refractivity contribution in [3.63, 3.8) is 0 Å². The monoisotopic (exact) mass is 441 g/mol. The zero-order valence-corrected chi connectivity index (χ0v) is 17.9. The van der Waals surface area contributed by atoms with Gasteiger partial charge in [0.25, 0.3) is 11.8 Å². The number of hydrogen-bond acceptors (Lipinski definition) is 5. The van der Waals surface area contributed by atoms with Gasteiger partial charge >= 0.3 is 0 Å². The predicted octanol–water partition coefficient (Wildman–Crippen LogP) is 2.63. The highest BCUT2D eigenvalue weighted by Gasteiger charge is 2.39. The van der Waals surface area contributed by atoms with Crippen molar-refractivity contribution in [1.82, 2.24) is 4.31 Å². The molecule has 4 rings (SSSR count). The van der Waals surface area contributed by atoms with Gasteiger partial charge in [0.1, 0.15) is 6.04 Å². The number of anilines is 2. The number of amides is 3. The normalized spacial score (nSPS) is 19.0. The Morgan fingerprint density at radius 2 is 1.74 bits per heavy atom. The zero-order valence-electron chi connectivity index (χ0n) is 17.1. The molecule has 0 spiro atoms. The molecule has 1 unspecified atom stereocenters. The molecule has 0 aromatic heterocycles. The number of rotatable bonds is 6. The van der Waals surface area contributed by atoms with Crippen LogP contribution in [0.4, 0.5) is 11.4 Å². The third-order valence-corrected chi connectivity index (χ3v) is 7.57. The molecule has 162 valence electrons. The maximum Gasteiger partial charge on any atom is 0.266 e. The lowest BCUT2D eigenvalue weighted by Crippen LogP contribution is -2.44. The zero-order chi connectivity index (χ0) is 22.2. The lowest BCUT2D eigenvalue weighted by Gasteiger charge is -2.23. The van der Waals surface area contributed by atoms with E-state index in [1.165, 1.54) is 4.31 Å². The second kappa shape index (κ2) is 8.24. The number of fused-ring (bicyclic) bond motifs is 1. The second-order valence-electron chi connectivity index (χ2n) is 7.62. The lowest BCUT2D eigenvalue weighted by molar-refractivity contribution is -0.119. The van der Waals surface area contributed by atoms with Gasteiger partial charge in [-0.05, 0) is 49.6 Å². The number of carbonyl (C=O) groups is 3. The fourth-order valence-electron chi connectivity index (χ4n) is 4.08. The summed E-state index contributed by atoms with van der Waals surface area (Å²) in [6, 6.07) is 12.3. The van der Waals surface area contributed by atoms with Gasteiger partial charge in [-0.2, -0.15) is 4.31 Å². The summed E-state index contributed by atoms with van der Waals surface area (Å²) in [6.07, 6.45) is 1.55. The fourth-order valence-corrected chi connectivity index (χ4v) is 5.83. The van der Waals surface area contributed by atoms with Crippen LogP contribution in [-0.4, -0.2) is 48.8 Å². The van der Waals surface area contributed by atoms with E-state index in [9.17, 15) is 22.8 Å². The minimum Gasteiger partial charge on any atom is -0.325 e. The third kappa shape index (κ3) is 3.86. The molecule has 8 nitrogen and oxygen atoms in total. The first kappa shape index (κ1) is 21.2. The highest BCUT2D eigenvalue weighted by atomic mass is 32.2. The van der Waals surface area contributed by atoms with E-state index in [1.54, 1.807) is 55.5 Å². The summed E-state index contributed by atoms with van der Waals surface area (Å²) in [7, 11) is -3.49. The number of hydrogen-bond donors (Lipinski definition) is 1. The minimum atomic E-state index is -3.49. The van der Waals surface area contributed by atoms with Crippen LogP contribution in [0.3, 0.4) is 0 Å². The average molecular weight is 442 g/mol. The summed E-state index contributed by atoms with van der Waals surface area (Å²) < 4.78 is 26.2. The molecule has 0 aliphatic carbocycles. The van der Waals surface area contributed by atoms with Crippen molar-refractivity contribution < 1.29 is 22.8 Å².